The first-order valence-electron chi connectivity index (χ1n) is 9.39. The molecule has 7 nitrogen and oxygen atoms in total. The van der Waals surface area contributed by atoms with Gasteiger partial charge < -0.3 is 15.1 Å². The Bertz CT molecular complexity index is 975. The number of nitrogens with zero attached hydrogens (tertiary/aromatic N) is 2. The fraction of sp³-hybridized carbons (Fsp3) is 0.350. The predicted molar refractivity (Wildman–Crippen MR) is 115 cm³/mol. The number of urea groups is 1. The number of rotatable bonds is 5. The molecule has 2 aromatic carbocycles. The molecule has 2 aromatic rings. The molecule has 1 heterocycles. The van der Waals surface area contributed by atoms with Crippen molar-refractivity contribution in [1.82, 2.24) is 14.9 Å². The van der Waals surface area contributed by atoms with Gasteiger partial charge in [0.25, 0.3) is 0 Å². The lowest BCUT2D eigenvalue weighted by Crippen LogP contribution is -2.52. The molecular weight excluding hydrogens is 412 g/mol. The molecule has 156 valence electrons. The Morgan fingerprint density at radius 3 is 2.41 bits per heavy atom. The minimum atomic E-state index is -3.53. The van der Waals surface area contributed by atoms with Crippen molar-refractivity contribution in [3.05, 3.63) is 59.1 Å². The van der Waals surface area contributed by atoms with E-state index in [1.807, 2.05) is 31.2 Å². The molecule has 0 aromatic heterocycles. The summed E-state index contributed by atoms with van der Waals surface area (Å²) in [6.45, 7) is 4.47. The summed E-state index contributed by atoms with van der Waals surface area (Å²) < 4.78 is 26.3. The summed E-state index contributed by atoms with van der Waals surface area (Å²) in [5.41, 5.74) is 1.78. The van der Waals surface area contributed by atoms with E-state index < -0.39 is 10.0 Å². The van der Waals surface area contributed by atoms with Gasteiger partial charge in [0.05, 0.1) is 10.9 Å². The van der Waals surface area contributed by atoms with Crippen LogP contribution in [-0.4, -0.2) is 52.6 Å². The normalized spacial score (nSPS) is 15.8. The molecule has 0 saturated carbocycles. The molecule has 1 unspecified atom stereocenters. The third-order valence-electron chi connectivity index (χ3n) is 5.02. The summed E-state index contributed by atoms with van der Waals surface area (Å²) in [5.74, 6) is 0. The number of sulfonamides is 1. The van der Waals surface area contributed by atoms with Crippen LogP contribution in [0, 0.1) is 0 Å². The quantitative estimate of drug-likeness (QED) is 0.755. The van der Waals surface area contributed by atoms with Crippen LogP contribution in [0.3, 0.4) is 0 Å². The van der Waals surface area contributed by atoms with Crippen molar-refractivity contribution in [1.29, 1.82) is 0 Å². The number of piperazine rings is 1. The molecule has 9 heteroatoms. The summed E-state index contributed by atoms with van der Waals surface area (Å²) in [4.78, 5) is 16.8. The lowest BCUT2D eigenvalue weighted by molar-refractivity contribution is 0.191. The fourth-order valence-electron chi connectivity index (χ4n) is 3.27. The van der Waals surface area contributed by atoms with E-state index in [0.29, 0.717) is 18.1 Å². The maximum atomic E-state index is 12.7. The minimum absolute atomic E-state index is 0.162. The number of halogens is 1. The van der Waals surface area contributed by atoms with E-state index in [9.17, 15) is 13.2 Å². The monoisotopic (exact) mass is 436 g/mol. The Hall–Kier alpha value is -2.29. The average Bonchev–Trinajstić information content (AvgIpc) is 2.74. The first-order chi connectivity index (χ1) is 13.8. The lowest BCUT2D eigenvalue weighted by Gasteiger charge is -2.36. The molecule has 29 heavy (non-hydrogen) atoms. The highest BCUT2D eigenvalue weighted by Gasteiger charge is 2.23. The predicted octanol–water partition coefficient (Wildman–Crippen LogP) is 2.84. The number of carbonyl (C=O) groups excluding carboxylic acids is 1. The highest BCUT2D eigenvalue weighted by Crippen LogP contribution is 2.21. The zero-order chi connectivity index (χ0) is 21.0. The zero-order valence-electron chi connectivity index (χ0n) is 16.4. The molecule has 1 aliphatic rings. The Labute approximate surface area is 176 Å². The second-order valence-electron chi connectivity index (χ2n) is 6.91. The molecule has 2 N–H and O–H groups in total. The molecule has 1 saturated heterocycles. The van der Waals surface area contributed by atoms with Gasteiger partial charge in [0.1, 0.15) is 0 Å². The Kier molecular flexibility index (Phi) is 6.66. The van der Waals surface area contributed by atoms with Crippen molar-refractivity contribution in [2.75, 3.05) is 38.1 Å². The first-order valence-corrected chi connectivity index (χ1v) is 11.3. The number of amides is 2. The zero-order valence-corrected chi connectivity index (χ0v) is 18.0. The maximum Gasteiger partial charge on any atom is 0.317 e. The van der Waals surface area contributed by atoms with Gasteiger partial charge in [0.2, 0.25) is 10.0 Å². The van der Waals surface area contributed by atoms with E-state index >= 15 is 0 Å². The fourth-order valence-corrected chi connectivity index (χ4v) is 4.24. The Balaban J connectivity index is 1.59. The molecule has 0 bridgehead atoms. The number of benzene rings is 2. The third-order valence-corrected chi connectivity index (χ3v) is 6.66. The smallest absolute Gasteiger partial charge is 0.317 e. The molecular formula is C20H25ClN4O3S. The van der Waals surface area contributed by atoms with E-state index in [1.54, 1.807) is 23.1 Å². The number of hydrogen-bond donors (Lipinski definition) is 2. The largest absolute Gasteiger partial charge is 0.368 e. The van der Waals surface area contributed by atoms with Crippen molar-refractivity contribution in [3.8, 4) is 0 Å². The second-order valence-corrected chi connectivity index (χ2v) is 9.23. The van der Waals surface area contributed by atoms with Gasteiger partial charge in [-0.25, -0.2) is 17.9 Å². The SMILES string of the molecule is CNS(=O)(=O)c1cccc(C(C)NC(=O)N2CCN(c3cccc(Cl)c3)CC2)c1. The average molecular weight is 437 g/mol. The molecule has 1 aliphatic heterocycles. The molecule has 3 rings (SSSR count). The van der Waals surface area contributed by atoms with Gasteiger partial charge in [-0.3, -0.25) is 0 Å². The van der Waals surface area contributed by atoms with E-state index in [-0.39, 0.29) is 17.0 Å². The van der Waals surface area contributed by atoms with Crippen LogP contribution in [0.4, 0.5) is 10.5 Å². The minimum Gasteiger partial charge on any atom is -0.368 e. The highest BCUT2D eigenvalue weighted by atomic mass is 35.5. The first kappa shape index (κ1) is 21.4. The summed E-state index contributed by atoms with van der Waals surface area (Å²) >= 11 is 6.06. The van der Waals surface area contributed by atoms with Crippen molar-refractivity contribution >= 4 is 33.3 Å². The third kappa shape index (κ3) is 5.20. The van der Waals surface area contributed by atoms with Crippen LogP contribution in [0.1, 0.15) is 18.5 Å². The molecule has 0 spiro atoms. The van der Waals surface area contributed by atoms with E-state index in [0.717, 1.165) is 24.3 Å². The maximum absolute atomic E-state index is 12.7. The van der Waals surface area contributed by atoms with Gasteiger partial charge in [-0.1, -0.05) is 29.8 Å². The highest BCUT2D eigenvalue weighted by molar-refractivity contribution is 7.89. The van der Waals surface area contributed by atoms with Crippen molar-refractivity contribution in [2.24, 2.45) is 0 Å². The topological polar surface area (TPSA) is 81.8 Å². The summed E-state index contributed by atoms with van der Waals surface area (Å²) in [5, 5.41) is 3.65. The van der Waals surface area contributed by atoms with Crippen LogP contribution >= 0.6 is 11.6 Å². The second kappa shape index (κ2) is 9.02. The van der Waals surface area contributed by atoms with Crippen LogP contribution in [0.2, 0.25) is 5.02 Å². The van der Waals surface area contributed by atoms with Crippen LogP contribution in [-0.2, 0) is 10.0 Å². The number of anilines is 1. The van der Waals surface area contributed by atoms with E-state index in [2.05, 4.69) is 14.9 Å². The molecule has 0 aliphatic carbocycles. The number of hydrogen-bond acceptors (Lipinski definition) is 4. The van der Waals surface area contributed by atoms with Gasteiger partial charge in [-0.2, -0.15) is 0 Å². The number of nitrogens with one attached hydrogen (secondary N) is 2. The standard InChI is InChI=1S/C20H25ClN4O3S/c1-15(16-5-3-8-19(13-16)29(27,28)22-2)23-20(26)25-11-9-24(10-12-25)18-7-4-6-17(21)14-18/h3-8,13-15,22H,9-12H2,1-2H3,(H,23,26). The van der Waals surface area contributed by atoms with Crippen LogP contribution < -0.4 is 14.9 Å². The van der Waals surface area contributed by atoms with Crippen molar-refractivity contribution in [2.45, 2.75) is 17.9 Å². The van der Waals surface area contributed by atoms with Crippen LogP contribution in [0.5, 0.6) is 0 Å². The van der Waals surface area contributed by atoms with E-state index in [4.69, 9.17) is 11.6 Å². The van der Waals surface area contributed by atoms with Gasteiger partial charge in [-0.15, -0.1) is 0 Å². The summed E-state index contributed by atoms with van der Waals surface area (Å²) in [7, 11) is -2.16. The number of carbonyl (C=O) groups is 1. The van der Waals surface area contributed by atoms with Crippen molar-refractivity contribution < 1.29 is 13.2 Å². The van der Waals surface area contributed by atoms with E-state index in [1.165, 1.54) is 13.1 Å². The Morgan fingerprint density at radius 1 is 1.07 bits per heavy atom. The molecule has 2 amide bonds. The van der Waals surface area contributed by atoms with Gasteiger partial charge >= 0.3 is 6.03 Å². The van der Waals surface area contributed by atoms with Gasteiger partial charge in [-0.05, 0) is 49.9 Å². The van der Waals surface area contributed by atoms with Gasteiger partial charge in [0.15, 0.2) is 0 Å². The molecule has 1 atom stereocenters. The molecule has 1 fully saturated rings. The molecule has 0 radical (unpaired) electrons. The van der Waals surface area contributed by atoms with Crippen molar-refractivity contribution in [3.63, 3.8) is 0 Å². The van der Waals surface area contributed by atoms with Gasteiger partial charge in [0, 0.05) is 36.9 Å². The summed E-state index contributed by atoms with van der Waals surface area (Å²) in [6, 6.07) is 13.8. The van der Waals surface area contributed by atoms with Crippen LogP contribution in [0.25, 0.3) is 0 Å². The van der Waals surface area contributed by atoms with Crippen LogP contribution in [0.15, 0.2) is 53.4 Å². The summed E-state index contributed by atoms with van der Waals surface area (Å²) in [6.07, 6.45) is 0. The Morgan fingerprint density at radius 2 is 1.76 bits per heavy atom. The lowest BCUT2D eigenvalue weighted by atomic mass is 10.1.